The lowest BCUT2D eigenvalue weighted by Gasteiger charge is -1.81. The quantitative estimate of drug-likeness (QED) is 0.587. The average molecular weight is 134 g/mol. The molecule has 1 aromatic carbocycles. The fourth-order valence-electron chi connectivity index (χ4n) is 1.08. The second kappa shape index (κ2) is 1.84. The van der Waals surface area contributed by atoms with Gasteiger partial charge in [-0.3, -0.25) is 0 Å². The number of hydrogen-bond donors (Lipinski definition) is 1. The predicted octanol–water partition coefficient (Wildman–Crippen LogP) is 2.12. The van der Waals surface area contributed by atoms with E-state index in [2.05, 4.69) is 9.97 Å². The number of benzene rings is 1. The molecule has 0 atom stereocenters. The molecule has 0 fully saturated rings. The van der Waals surface area contributed by atoms with E-state index in [1.165, 1.54) is 0 Å². The monoisotopic (exact) mass is 134 g/mol. The van der Waals surface area contributed by atoms with Crippen molar-refractivity contribution in [2.75, 3.05) is 0 Å². The molecule has 2 nitrogen and oxygen atoms in total. The van der Waals surface area contributed by atoms with E-state index in [0.717, 1.165) is 16.9 Å². The molecule has 0 aliphatic heterocycles. The maximum absolute atomic E-state index is 4.26. The Morgan fingerprint density at radius 3 is 3.00 bits per heavy atom. The minimum absolute atomic E-state index is 0. The molecule has 0 amide bonds. The second-order valence-electron chi connectivity index (χ2n) is 2.34. The Hall–Kier alpha value is -1.31. The second-order valence-corrected chi connectivity index (χ2v) is 2.34. The molecule has 52 valence electrons. The Kier molecular flexibility index (Phi) is 1.01. The molecule has 0 spiro atoms. The molecule has 0 radical (unpaired) electrons. The maximum atomic E-state index is 4.26. The highest BCUT2D eigenvalue weighted by molar-refractivity contribution is 5.74. The summed E-state index contributed by atoms with van der Waals surface area (Å²) >= 11 is 0. The summed E-state index contributed by atoms with van der Waals surface area (Å²) in [7, 11) is 0. The van der Waals surface area contributed by atoms with Crippen LogP contribution in [0.1, 0.15) is 7.25 Å². The third-order valence-corrected chi connectivity index (χ3v) is 1.51. The normalized spacial score (nSPS) is 10.5. The first-order valence-corrected chi connectivity index (χ1v) is 3.27. The van der Waals surface area contributed by atoms with E-state index in [1.807, 2.05) is 31.2 Å². The number of nitrogens with zero attached hydrogens (tertiary/aromatic N) is 1. The van der Waals surface area contributed by atoms with Gasteiger partial charge in [0, 0.05) is 1.43 Å². The Bertz CT molecular complexity index is 321. The molecule has 0 saturated carbocycles. The third-order valence-electron chi connectivity index (χ3n) is 1.51. The number of aryl methyl sites for hydroxylation is 1. The first-order valence-electron chi connectivity index (χ1n) is 3.27. The van der Waals surface area contributed by atoms with Crippen LogP contribution in [0.4, 0.5) is 0 Å². The van der Waals surface area contributed by atoms with Crippen molar-refractivity contribution in [2.45, 2.75) is 6.92 Å². The molecule has 2 rings (SSSR count). The zero-order chi connectivity index (χ0) is 6.97. The fraction of sp³-hybridized carbons (Fsp3) is 0.125. The number of hydrogen-bond acceptors (Lipinski definition) is 1. The van der Waals surface area contributed by atoms with Gasteiger partial charge in [0.15, 0.2) is 0 Å². The molecule has 0 bridgehead atoms. The van der Waals surface area contributed by atoms with Gasteiger partial charge in [0.2, 0.25) is 0 Å². The minimum Gasteiger partial charge on any atom is -0.342 e. The van der Waals surface area contributed by atoms with Crippen LogP contribution in [0.5, 0.6) is 0 Å². The number of aromatic nitrogens is 2. The highest BCUT2D eigenvalue weighted by Crippen LogP contribution is 2.08. The number of imidazole rings is 1. The van der Waals surface area contributed by atoms with Crippen molar-refractivity contribution in [1.29, 1.82) is 0 Å². The highest BCUT2D eigenvalue weighted by Gasteiger charge is 1.93. The molecule has 0 aliphatic rings. The molecule has 0 aliphatic carbocycles. The van der Waals surface area contributed by atoms with E-state index in [1.54, 1.807) is 0 Å². The van der Waals surface area contributed by atoms with Crippen molar-refractivity contribution < 1.29 is 1.43 Å². The molecule has 1 N–H and O–H groups in total. The van der Waals surface area contributed by atoms with Crippen LogP contribution in [-0.4, -0.2) is 9.97 Å². The lowest BCUT2D eigenvalue weighted by atomic mass is 10.3. The molecule has 1 heterocycles. The Morgan fingerprint density at radius 2 is 2.20 bits per heavy atom. The Labute approximate surface area is 60.4 Å². The van der Waals surface area contributed by atoms with Gasteiger partial charge in [-0.25, -0.2) is 4.98 Å². The predicted molar refractivity (Wildman–Crippen MR) is 42.9 cm³/mol. The summed E-state index contributed by atoms with van der Waals surface area (Å²) in [4.78, 5) is 7.40. The summed E-state index contributed by atoms with van der Waals surface area (Å²) in [5.41, 5.74) is 2.15. The standard InChI is InChI=1S/C8H8N2.H2/c1-6-9-7-4-2-3-5-8(7)10-6;/h2-5H,1H3,(H,9,10);1H. The maximum Gasteiger partial charge on any atom is 0.104 e. The summed E-state index contributed by atoms with van der Waals surface area (Å²) in [5, 5.41) is 0. The van der Waals surface area contributed by atoms with Gasteiger partial charge in [0.05, 0.1) is 11.0 Å². The van der Waals surface area contributed by atoms with Gasteiger partial charge in [-0.05, 0) is 19.1 Å². The van der Waals surface area contributed by atoms with Crippen molar-refractivity contribution in [3.63, 3.8) is 0 Å². The lowest BCUT2D eigenvalue weighted by molar-refractivity contribution is 1.17. The lowest BCUT2D eigenvalue weighted by Crippen LogP contribution is -1.68. The van der Waals surface area contributed by atoms with Gasteiger partial charge >= 0.3 is 0 Å². The van der Waals surface area contributed by atoms with Gasteiger partial charge in [0.1, 0.15) is 5.82 Å². The summed E-state index contributed by atoms with van der Waals surface area (Å²) in [5.74, 6) is 0.973. The van der Waals surface area contributed by atoms with Crippen LogP contribution in [0.3, 0.4) is 0 Å². The van der Waals surface area contributed by atoms with E-state index in [-0.39, 0.29) is 1.43 Å². The molecule has 2 heteroatoms. The number of fused-ring (bicyclic) bond motifs is 1. The fourth-order valence-corrected chi connectivity index (χ4v) is 1.08. The molecule has 2 aromatic rings. The molecule has 0 saturated heterocycles. The van der Waals surface area contributed by atoms with Gasteiger partial charge < -0.3 is 4.98 Å². The number of rotatable bonds is 0. The van der Waals surface area contributed by atoms with Crippen molar-refractivity contribution >= 4 is 11.0 Å². The number of para-hydroxylation sites is 2. The Balaban J connectivity index is 0.000000605. The highest BCUT2D eigenvalue weighted by atomic mass is 14.9. The van der Waals surface area contributed by atoms with Crippen molar-refractivity contribution in [3.8, 4) is 0 Å². The summed E-state index contributed by atoms with van der Waals surface area (Å²) in [6.45, 7) is 1.96. The Morgan fingerprint density at radius 1 is 1.40 bits per heavy atom. The summed E-state index contributed by atoms with van der Waals surface area (Å²) in [6, 6.07) is 8.01. The smallest absolute Gasteiger partial charge is 0.104 e. The SMILES string of the molecule is Cc1nc2ccccc2[nH]1.[HH]. The minimum atomic E-state index is 0. The van der Waals surface area contributed by atoms with Crippen molar-refractivity contribution in [1.82, 2.24) is 9.97 Å². The van der Waals surface area contributed by atoms with Gasteiger partial charge in [-0.15, -0.1) is 0 Å². The van der Waals surface area contributed by atoms with Crippen LogP contribution in [0, 0.1) is 6.92 Å². The summed E-state index contributed by atoms with van der Waals surface area (Å²) < 4.78 is 0. The zero-order valence-corrected chi connectivity index (χ0v) is 5.76. The average Bonchev–Trinajstić information content (AvgIpc) is 2.27. The number of H-pyrrole nitrogens is 1. The van der Waals surface area contributed by atoms with E-state index in [4.69, 9.17) is 0 Å². The molecular formula is C8H10N2. The van der Waals surface area contributed by atoms with E-state index >= 15 is 0 Å². The van der Waals surface area contributed by atoms with Gasteiger partial charge in [-0.2, -0.15) is 0 Å². The molecule has 10 heavy (non-hydrogen) atoms. The van der Waals surface area contributed by atoms with Gasteiger partial charge in [-0.1, -0.05) is 12.1 Å². The van der Waals surface area contributed by atoms with Crippen molar-refractivity contribution in [3.05, 3.63) is 30.1 Å². The number of aromatic amines is 1. The molecule has 0 unspecified atom stereocenters. The van der Waals surface area contributed by atoms with Crippen LogP contribution >= 0.6 is 0 Å². The van der Waals surface area contributed by atoms with E-state index < -0.39 is 0 Å². The topological polar surface area (TPSA) is 28.7 Å². The van der Waals surface area contributed by atoms with Crippen LogP contribution in [0.2, 0.25) is 0 Å². The van der Waals surface area contributed by atoms with Crippen LogP contribution in [-0.2, 0) is 0 Å². The first kappa shape index (κ1) is 5.47. The molecule has 1 aromatic heterocycles. The van der Waals surface area contributed by atoms with Crippen molar-refractivity contribution in [2.24, 2.45) is 0 Å². The van der Waals surface area contributed by atoms with Crippen LogP contribution < -0.4 is 0 Å². The van der Waals surface area contributed by atoms with E-state index in [0.29, 0.717) is 0 Å². The first-order chi connectivity index (χ1) is 4.86. The molecular weight excluding hydrogens is 124 g/mol. The zero-order valence-electron chi connectivity index (χ0n) is 5.76. The third kappa shape index (κ3) is 0.692. The van der Waals surface area contributed by atoms with Gasteiger partial charge in [0.25, 0.3) is 0 Å². The van der Waals surface area contributed by atoms with Crippen LogP contribution in [0.15, 0.2) is 24.3 Å². The van der Waals surface area contributed by atoms with E-state index in [9.17, 15) is 0 Å². The number of nitrogens with one attached hydrogen (secondary N) is 1. The summed E-state index contributed by atoms with van der Waals surface area (Å²) in [6.07, 6.45) is 0. The van der Waals surface area contributed by atoms with Crippen LogP contribution in [0.25, 0.3) is 11.0 Å². The largest absolute Gasteiger partial charge is 0.342 e.